The Morgan fingerprint density at radius 2 is 2.33 bits per heavy atom. The Morgan fingerprint density at radius 1 is 1.50 bits per heavy atom. The van der Waals surface area contributed by atoms with Crippen LogP contribution in [0.2, 0.25) is 0 Å². The molecule has 1 atom stereocenters. The molecule has 0 aliphatic carbocycles. The van der Waals surface area contributed by atoms with Gasteiger partial charge in [0.2, 0.25) is 0 Å². The fraction of sp³-hybridized carbons (Fsp3) is 0.500. The molecule has 4 heteroatoms. The van der Waals surface area contributed by atoms with Crippen molar-refractivity contribution in [2.24, 2.45) is 0 Å². The van der Waals surface area contributed by atoms with Crippen molar-refractivity contribution in [3.63, 3.8) is 0 Å². The lowest BCUT2D eigenvalue weighted by molar-refractivity contribution is 0.367. The highest BCUT2D eigenvalue weighted by Crippen LogP contribution is 2.13. The first-order valence-corrected chi connectivity index (χ1v) is 7.37. The van der Waals surface area contributed by atoms with Crippen LogP contribution in [-0.4, -0.2) is 24.7 Å². The van der Waals surface area contributed by atoms with Gasteiger partial charge in [-0.15, -0.1) is 0 Å². The normalized spacial score (nSPS) is 11.8. The maximum atomic E-state index is 8.46. The van der Waals surface area contributed by atoms with Crippen molar-refractivity contribution in [3.8, 4) is 11.8 Å². The van der Waals surface area contributed by atoms with Gasteiger partial charge in [-0.1, -0.05) is 19.1 Å². The molecule has 0 saturated carbocycles. The van der Waals surface area contributed by atoms with Crippen LogP contribution in [0.3, 0.4) is 0 Å². The standard InChI is InChI=1S/C14H20N2OS/c1-12(18-2)6-8-16-11-13-4-3-5-14(10-13)17-9-7-15/h3-5,10,12,16H,6,8-9,11H2,1-2H3. The lowest BCUT2D eigenvalue weighted by atomic mass is 10.2. The SMILES string of the molecule is CSC(C)CCNCc1cccc(OCC#N)c1. The largest absolute Gasteiger partial charge is 0.479 e. The van der Waals surface area contributed by atoms with Crippen LogP contribution in [-0.2, 0) is 6.54 Å². The Bertz CT molecular complexity index is 390. The zero-order valence-electron chi connectivity index (χ0n) is 11.0. The third-order valence-corrected chi connectivity index (χ3v) is 3.70. The minimum atomic E-state index is 0.0993. The van der Waals surface area contributed by atoms with Gasteiger partial charge in [-0.3, -0.25) is 0 Å². The lowest BCUT2D eigenvalue weighted by Crippen LogP contribution is -2.17. The fourth-order valence-electron chi connectivity index (χ4n) is 1.52. The first-order valence-electron chi connectivity index (χ1n) is 6.08. The Labute approximate surface area is 114 Å². The summed E-state index contributed by atoms with van der Waals surface area (Å²) < 4.78 is 5.27. The average molecular weight is 264 g/mol. The number of benzene rings is 1. The molecule has 0 fully saturated rings. The van der Waals surface area contributed by atoms with Crippen molar-refractivity contribution >= 4 is 11.8 Å². The number of nitrogens with one attached hydrogen (secondary N) is 1. The monoisotopic (exact) mass is 264 g/mol. The van der Waals surface area contributed by atoms with Crippen LogP contribution in [0, 0.1) is 11.3 Å². The molecule has 0 radical (unpaired) electrons. The third-order valence-electron chi connectivity index (χ3n) is 2.66. The second-order valence-corrected chi connectivity index (χ2v) is 5.38. The summed E-state index contributed by atoms with van der Waals surface area (Å²) in [7, 11) is 0. The van der Waals surface area contributed by atoms with Gasteiger partial charge in [0.25, 0.3) is 0 Å². The molecule has 0 aliphatic heterocycles. The summed E-state index contributed by atoms with van der Waals surface area (Å²) in [5.41, 5.74) is 1.18. The van der Waals surface area contributed by atoms with E-state index in [-0.39, 0.29) is 6.61 Å². The van der Waals surface area contributed by atoms with Gasteiger partial charge in [0.05, 0.1) is 0 Å². The lowest BCUT2D eigenvalue weighted by Gasteiger charge is -2.10. The molecule has 1 unspecified atom stereocenters. The van der Waals surface area contributed by atoms with E-state index in [1.165, 1.54) is 12.0 Å². The number of hydrogen-bond donors (Lipinski definition) is 1. The molecule has 1 rings (SSSR count). The van der Waals surface area contributed by atoms with Crippen LogP contribution in [0.15, 0.2) is 24.3 Å². The van der Waals surface area contributed by atoms with E-state index in [9.17, 15) is 0 Å². The Morgan fingerprint density at radius 3 is 3.06 bits per heavy atom. The molecule has 0 heterocycles. The Balaban J connectivity index is 2.31. The van der Waals surface area contributed by atoms with E-state index in [1.54, 1.807) is 0 Å². The van der Waals surface area contributed by atoms with E-state index in [1.807, 2.05) is 36.0 Å². The Kier molecular flexibility index (Phi) is 7.31. The summed E-state index contributed by atoms with van der Waals surface area (Å²) in [5, 5.41) is 12.6. The minimum Gasteiger partial charge on any atom is -0.479 e. The van der Waals surface area contributed by atoms with Gasteiger partial charge in [-0.05, 0) is 36.9 Å². The number of nitrogens with zero attached hydrogens (tertiary/aromatic N) is 1. The van der Waals surface area contributed by atoms with Crippen LogP contribution >= 0.6 is 11.8 Å². The van der Waals surface area contributed by atoms with E-state index in [2.05, 4.69) is 24.6 Å². The summed E-state index contributed by atoms with van der Waals surface area (Å²) in [6, 6.07) is 9.83. The van der Waals surface area contributed by atoms with E-state index >= 15 is 0 Å². The van der Waals surface area contributed by atoms with Gasteiger partial charge in [0, 0.05) is 11.8 Å². The zero-order chi connectivity index (χ0) is 13.2. The number of thioether (sulfide) groups is 1. The van der Waals surface area contributed by atoms with Gasteiger partial charge in [-0.25, -0.2) is 0 Å². The van der Waals surface area contributed by atoms with Gasteiger partial charge >= 0.3 is 0 Å². The molecule has 0 saturated heterocycles. The predicted octanol–water partition coefficient (Wildman–Crippen LogP) is 2.82. The first kappa shape index (κ1) is 14.9. The highest BCUT2D eigenvalue weighted by Gasteiger charge is 1.99. The molecular weight excluding hydrogens is 244 g/mol. The summed E-state index contributed by atoms with van der Waals surface area (Å²) >= 11 is 1.89. The predicted molar refractivity (Wildman–Crippen MR) is 76.9 cm³/mol. The van der Waals surface area contributed by atoms with Crippen molar-refractivity contribution < 1.29 is 4.74 Å². The highest BCUT2D eigenvalue weighted by molar-refractivity contribution is 7.99. The van der Waals surface area contributed by atoms with E-state index in [4.69, 9.17) is 10.00 Å². The van der Waals surface area contributed by atoms with Crippen molar-refractivity contribution in [3.05, 3.63) is 29.8 Å². The molecule has 0 spiro atoms. The number of rotatable bonds is 8. The molecule has 0 aliphatic rings. The van der Waals surface area contributed by atoms with Crippen LogP contribution < -0.4 is 10.1 Å². The van der Waals surface area contributed by atoms with E-state index in [0.717, 1.165) is 18.8 Å². The second kappa shape index (κ2) is 8.84. The zero-order valence-corrected chi connectivity index (χ0v) is 11.8. The molecule has 0 aromatic heterocycles. The molecule has 1 aromatic carbocycles. The highest BCUT2D eigenvalue weighted by atomic mass is 32.2. The molecule has 98 valence electrons. The first-order chi connectivity index (χ1) is 8.76. The van der Waals surface area contributed by atoms with Crippen LogP contribution in [0.25, 0.3) is 0 Å². The second-order valence-electron chi connectivity index (χ2n) is 4.11. The van der Waals surface area contributed by atoms with Crippen LogP contribution in [0.1, 0.15) is 18.9 Å². The third kappa shape index (κ3) is 5.95. The van der Waals surface area contributed by atoms with E-state index < -0.39 is 0 Å². The maximum Gasteiger partial charge on any atom is 0.174 e. The summed E-state index contributed by atoms with van der Waals surface area (Å²) in [6.45, 7) is 4.20. The van der Waals surface area contributed by atoms with Crippen LogP contribution in [0.4, 0.5) is 0 Å². The van der Waals surface area contributed by atoms with E-state index in [0.29, 0.717) is 5.25 Å². The summed E-state index contributed by atoms with van der Waals surface area (Å²) in [5.74, 6) is 0.758. The van der Waals surface area contributed by atoms with Crippen molar-refractivity contribution in [1.29, 1.82) is 5.26 Å². The van der Waals surface area contributed by atoms with Crippen molar-refractivity contribution in [2.75, 3.05) is 19.4 Å². The van der Waals surface area contributed by atoms with Gasteiger partial charge in [-0.2, -0.15) is 17.0 Å². The fourth-order valence-corrected chi connectivity index (χ4v) is 1.87. The Hall–Kier alpha value is -1.18. The molecule has 3 nitrogen and oxygen atoms in total. The quantitative estimate of drug-likeness (QED) is 0.733. The van der Waals surface area contributed by atoms with Gasteiger partial charge < -0.3 is 10.1 Å². The topological polar surface area (TPSA) is 45.0 Å². The van der Waals surface area contributed by atoms with Gasteiger partial charge in [0.1, 0.15) is 11.8 Å². The number of ether oxygens (including phenoxy) is 1. The molecule has 1 aromatic rings. The molecule has 0 amide bonds. The molecule has 18 heavy (non-hydrogen) atoms. The smallest absolute Gasteiger partial charge is 0.174 e. The molecule has 1 N–H and O–H groups in total. The minimum absolute atomic E-state index is 0.0993. The van der Waals surface area contributed by atoms with Crippen molar-refractivity contribution in [2.45, 2.75) is 25.1 Å². The summed E-state index contributed by atoms with van der Waals surface area (Å²) in [4.78, 5) is 0. The summed E-state index contributed by atoms with van der Waals surface area (Å²) in [6.07, 6.45) is 3.31. The number of hydrogen-bond acceptors (Lipinski definition) is 4. The van der Waals surface area contributed by atoms with Crippen molar-refractivity contribution in [1.82, 2.24) is 5.32 Å². The van der Waals surface area contributed by atoms with Crippen LogP contribution in [0.5, 0.6) is 5.75 Å². The number of nitriles is 1. The average Bonchev–Trinajstić information content (AvgIpc) is 2.41. The van der Waals surface area contributed by atoms with Gasteiger partial charge in [0.15, 0.2) is 6.61 Å². The maximum absolute atomic E-state index is 8.46. The molecule has 0 bridgehead atoms. The molecular formula is C14H20N2OS.